The first kappa shape index (κ1) is 67.1. The standard InChI is InChI=1S/C27H34N2O2S.C23H26N4O.C21H22N4O3.H3N3.H2/c1-17(2)22-15-23(19(4)13-18(22)3)26(32)29(16-25(30)31-27(5,6)7)21-9-10-24-20(14-21)11-12-28(24)8;1-14(2)19-12-20(16(4)10-15(19)3)23-25-24-22(28)13-27(23)18-6-7-21-17(11-18)8-9-26(21)5;1-12(2)15-9-16(19(27)10-18(15)26)21-23-22-20(28)11-25(21)14-4-5-17-13(8-14)6-7-24(17)3;1-3-2;/h9-15,17H,16H2,1-8H3;6-12,14H,13H2,1-5H3,(H,24,28);4-10,12,26-27H,11H2,1-3H3,(H,22,28);(H3,1,2);1H. The molecular formula is C71H87N13O6S. The Morgan fingerprint density at radius 2 is 1.05 bits per heavy atom. The predicted molar refractivity (Wildman–Crippen MR) is 373 cm³/mol. The molecule has 2 aliphatic heterocycles. The molecule has 20 heteroatoms. The Labute approximate surface area is 539 Å². The number of benzene rings is 6. The molecule has 19 nitrogen and oxygen atoms in total. The van der Waals surface area contributed by atoms with Crippen molar-refractivity contribution in [1.29, 1.82) is 5.53 Å². The number of aromatic hydroxyl groups is 2. The smallest absolute Gasteiger partial charge is 0.326 e. The summed E-state index contributed by atoms with van der Waals surface area (Å²) in [5.41, 5.74) is 26.8. The van der Waals surface area contributed by atoms with Gasteiger partial charge < -0.3 is 49.2 Å². The van der Waals surface area contributed by atoms with Crippen LogP contribution in [0, 0.1) is 33.2 Å². The highest BCUT2D eigenvalue weighted by Gasteiger charge is 2.30. The van der Waals surface area contributed by atoms with Crippen molar-refractivity contribution in [3.63, 3.8) is 0 Å². The van der Waals surface area contributed by atoms with E-state index in [1.807, 2.05) is 119 Å². The van der Waals surface area contributed by atoms with Crippen LogP contribution in [-0.4, -0.2) is 83.6 Å². The van der Waals surface area contributed by atoms with E-state index >= 15 is 0 Å². The third-order valence-corrected chi connectivity index (χ3v) is 16.6. The van der Waals surface area contributed by atoms with Gasteiger partial charge in [-0.2, -0.15) is 15.7 Å². The zero-order valence-corrected chi connectivity index (χ0v) is 55.8. The van der Waals surface area contributed by atoms with Gasteiger partial charge in [0.15, 0.2) is 11.7 Å². The van der Waals surface area contributed by atoms with Gasteiger partial charge in [-0.05, 0) is 196 Å². The first-order valence-corrected chi connectivity index (χ1v) is 30.7. The monoisotopic (exact) mass is 1250 g/mol. The lowest BCUT2D eigenvalue weighted by molar-refractivity contribution is -0.152. The van der Waals surface area contributed by atoms with Crippen LogP contribution in [0.15, 0.2) is 143 Å². The second-order valence-electron chi connectivity index (χ2n) is 25.2. The maximum Gasteiger partial charge on any atom is 0.326 e. The van der Waals surface area contributed by atoms with Crippen molar-refractivity contribution in [2.24, 2.45) is 42.4 Å². The Hall–Kier alpha value is -9.82. The molecular weight excluding hydrogens is 1160 g/mol. The fraction of sp³-hybridized carbons (Fsp3) is 0.324. The highest BCUT2D eigenvalue weighted by molar-refractivity contribution is 7.81. The number of esters is 1. The fourth-order valence-corrected chi connectivity index (χ4v) is 12.0. The van der Waals surface area contributed by atoms with Crippen molar-refractivity contribution in [2.75, 3.05) is 34.3 Å². The van der Waals surface area contributed by atoms with Crippen molar-refractivity contribution in [3.8, 4) is 11.5 Å². The van der Waals surface area contributed by atoms with Crippen LogP contribution in [0.25, 0.3) is 32.7 Å². The Morgan fingerprint density at radius 1 is 0.626 bits per heavy atom. The summed E-state index contributed by atoms with van der Waals surface area (Å²) in [5, 5.41) is 34.8. The summed E-state index contributed by atoms with van der Waals surface area (Å²) in [7, 11) is 6.03. The van der Waals surface area contributed by atoms with Crippen LogP contribution in [-0.2, 0) is 40.3 Å². The van der Waals surface area contributed by atoms with Crippen molar-refractivity contribution in [2.45, 2.75) is 113 Å². The van der Waals surface area contributed by atoms with Crippen LogP contribution in [0.1, 0.15) is 137 Å². The Bertz CT molecular complexity index is 4140. The highest BCUT2D eigenvalue weighted by atomic mass is 32.1. The molecule has 0 radical (unpaired) electrons. The third kappa shape index (κ3) is 15.3. The quantitative estimate of drug-likeness (QED) is 0.0234. The summed E-state index contributed by atoms with van der Waals surface area (Å²) in [6.07, 6.45) is 6.06. The molecule has 0 aliphatic carbocycles. The SMILES string of the molecule is CC(C)c1cc(C2=NNC(=O)CN2c2ccc3c(ccn3C)c2)c(O)cc1O.Cc1cc(C)c(C(C)C)cc1C(=S)N(CC(=O)OC(C)(C)C)c1ccc2c(ccn2C)c1.Cc1cc(C)c(C(C)C)cc1C1=NNC(=O)CN1c1ccc2c(ccn2C)c1.N=NN.[HH]. The minimum absolute atomic E-state index is 0. The number of phenolic OH excluding ortho intramolecular Hbond substituents is 2. The number of anilines is 3. The number of phenols is 2. The van der Waals surface area contributed by atoms with E-state index in [1.54, 1.807) is 11.0 Å². The first-order valence-electron chi connectivity index (χ1n) is 30.3. The number of fused-ring (bicyclic) bond motifs is 3. The number of carbonyl (C=O) groups is 3. The average Bonchev–Trinajstić information content (AvgIpc) is 1.21. The van der Waals surface area contributed by atoms with Gasteiger partial charge in [0.2, 0.25) is 0 Å². The van der Waals surface area contributed by atoms with Crippen molar-refractivity contribution < 1.29 is 30.8 Å². The van der Waals surface area contributed by atoms with Gasteiger partial charge in [-0.3, -0.25) is 14.4 Å². The normalized spacial score (nSPS) is 13.2. The van der Waals surface area contributed by atoms with Crippen LogP contribution in [0.5, 0.6) is 11.5 Å². The maximum absolute atomic E-state index is 12.8. The molecule has 6 aromatic carbocycles. The van der Waals surface area contributed by atoms with Crippen LogP contribution in [0.2, 0.25) is 0 Å². The summed E-state index contributed by atoms with van der Waals surface area (Å²) in [6, 6.07) is 36.4. The average molecular weight is 1250 g/mol. The lowest BCUT2D eigenvalue weighted by Gasteiger charge is -2.30. The van der Waals surface area contributed by atoms with Gasteiger partial charge in [-0.15, -0.1) is 0 Å². The van der Waals surface area contributed by atoms with Gasteiger partial charge in [0.1, 0.15) is 41.7 Å². The largest absolute Gasteiger partial charge is 0.508 e. The van der Waals surface area contributed by atoms with E-state index in [4.69, 9.17) is 22.5 Å². The number of hydrazone groups is 2. The van der Waals surface area contributed by atoms with Crippen LogP contribution >= 0.6 is 12.2 Å². The zero-order chi connectivity index (χ0) is 66.5. The van der Waals surface area contributed by atoms with Gasteiger partial charge in [-0.25, -0.2) is 10.9 Å². The molecule has 0 spiro atoms. The molecule has 91 heavy (non-hydrogen) atoms. The van der Waals surface area contributed by atoms with E-state index in [-0.39, 0.29) is 56.3 Å². The van der Waals surface area contributed by atoms with Gasteiger partial charge >= 0.3 is 5.97 Å². The van der Waals surface area contributed by atoms with Crippen LogP contribution in [0.3, 0.4) is 0 Å². The van der Waals surface area contributed by atoms with Crippen LogP contribution in [0.4, 0.5) is 17.1 Å². The number of hydrogen-bond acceptors (Lipinski definition) is 13. The van der Waals surface area contributed by atoms with Gasteiger partial charge in [0.05, 0.1) is 5.56 Å². The number of rotatable bonds is 11. The molecule has 0 atom stereocenters. The molecule has 0 fully saturated rings. The fourth-order valence-electron chi connectivity index (χ4n) is 11.6. The first-order chi connectivity index (χ1) is 43.0. The van der Waals surface area contributed by atoms with E-state index in [9.17, 15) is 24.6 Å². The number of hydrogen-bond donors (Lipinski definition) is 6. The number of ether oxygens (including phenoxy) is 1. The van der Waals surface area contributed by atoms with E-state index in [0.29, 0.717) is 33.8 Å². The number of carbonyl (C=O) groups excluding carboxylic acids is 3. The molecule has 11 rings (SSSR count). The number of nitrogens with one attached hydrogen (secondary N) is 3. The number of nitrogens with two attached hydrogens (primary N) is 1. The molecule has 0 unspecified atom stereocenters. The molecule has 2 aliphatic rings. The van der Waals surface area contributed by atoms with Gasteiger partial charge in [-0.1, -0.05) is 71.1 Å². The van der Waals surface area contributed by atoms with Crippen LogP contribution < -0.4 is 31.4 Å². The van der Waals surface area contributed by atoms with Gasteiger partial charge in [0.25, 0.3) is 11.8 Å². The molecule has 9 aromatic rings. The molecule has 3 aromatic heterocycles. The van der Waals surface area contributed by atoms with Crippen molar-refractivity contribution in [1.82, 2.24) is 24.6 Å². The Kier molecular flexibility index (Phi) is 20.6. The Morgan fingerprint density at radius 3 is 1.53 bits per heavy atom. The number of aromatic nitrogens is 3. The molecule has 0 saturated carbocycles. The van der Waals surface area contributed by atoms with E-state index in [0.717, 1.165) is 77.9 Å². The Balaban J connectivity index is 0.000000191. The predicted octanol–water partition coefficient (Wildman–Crippen LogP) is 13.8. The number of nitrogens with zero attached hydrogens (tertiary/aromatic N) is 9. The van der Waals surface area contributed by atoms with Gasteiger partial charge in [0, 0.05) is 108 Å². The number of amides is 2. The third-order valence-electron chi connectivity index (χ3n) is 16.1. The van der Waals surface area contributed by atoms with E-state index < -0.39 is 5.60 Å². The van der Waals surface area contributed by atoms with E-state index in [1.165, 1.54) is 28.3 Å². The molecule has 2 amide bonds. The lowest BCUT2D eigenvalue weighted by Crippen LogP contribution is -2.46. The summed E-state index contributed by atoms with van der Waals surface area (Å²) in [5.74, 6) is 5.52. The lowest BCUT2D eigenvalue weighted by atomic mass is 9.92. The zero-order valence-electron chi connectivity index (χ0n) is 55.0. The molecule has 7 N–H and O–H groups in total. The minimum Gasteiger partial charge on any atom is -0.508 e. The summed E-state index contributed by atoms with van der Waals surface area (Å²) in [4.78, 5) is 43.3. The topological polar surface area (TPSA) is 236 Å². The molecule has 5 heterocycles. The second-order valence-corrected chi connectivity index (χ2v) is 25.6. The van der Waals surface area contributed by atoms with E-state index in [2.05, 4.69) is 163 Å². The highest BCUT2D eigenvalue weighted by Crippen LogP contribution is 2.36. The molecule has 0 saturated heterocycles. The number of aryl methyl sites for hydroxylation is 7. The number of amidine groups is 2. The minimum atomic E-state index is -0.557. The summed E-state index contributed by atoms with van der Waals surface area (Å²) < 4.78 is 11.8. The van der Waals surface area contributed by atoms with Crippen molar-refractivity contribution >= 4 is 96.4 Å². The number of thiocarbonyl (C=S) groups is 1. The summed E-state index contributed by atoms with van der Waals surface area (Å²) >= 11 is 6.00. The maximum atomic E-state index is 12.8. The molecule has 0 bridgehead atoms. The second kappa shape index (κ2) is 27.9. The molecule has 478 valence electrons. The van der Waals surface area contributed by atoms with Crippen molar-refractivity contribution in [3.05, 3.63) is 183 Å². The summed E-state index contributed by atoms with van der Waals surface area (Å²) in [6.45, 7) is 27.2.